The van der Waals surface area contributed by atoms with Gasteiger partial charge >= 0.3 is 0 Å². The number of amides is 1. The summed E-state index contributed by atoms with van der Waals surface area (Å²) in [5.41, 5.74) is 4.38. The number of aryl methyl sites for hydroxylation is 1. The van der Waals surface area contributed by atoms with Crippen molar-refractivity contribution >= 4 is 38.9 Å². The molecule has 2 rings (SSSR count). The maximum atomic E-state index is 11.7. The molecule has 1 aromatic heterocycles. The Balaban J connectivity index is 1.86. The number of hydrazone groups is 1. The molecule has 21 heavy (non-hydrogen) atoms. The van der Waals surface area contributed by atoms with Crippen LogP contribution < -0.4 is 10.2 Å². The highest BCUT2D eigenvalue weighted by Crippen LogP contribution is 2.25. The summed E-state index contributed by atoms with van der Waals surface area (Å²) >= 11 is 4.98. The molecule has 0 saturated carbocycles. The number of hydrogen-bond acceptors (Lipinski definition) is 4. The third-order valence-electron chi connectivity index (χ3n) is 2.67. The molecule has 0 spiro atoms. The first kappa shape index (κ1) is 15.7. The Kier molecular flexibility index (Phi) is 5.52. The molecule has 2 aromatic rings. The van der Waals surface area contributed by atoms with Gasteiger partial charge in [0.2, 0.25) is 0 Å². The van der Waals surface area contributed by atoms with E-state index in [0.717, 1.165) is 20.6 Å². The zero-order valence-electron chi connectivity index (χ0n) is 11.7. The minimum absolute atomic E-state index is 0.0805. The number of ether oxygens (including phenoxy) is 1. The third-order valence-corrected chi connectivity index (χ3v) is 4.27. The van der Waals surface area contributed by atoms with E-state index in [1.807, 2.05) is 49.6 Å². The Hall–Kier alpha value is -1.66. The van der Waals surface area contributed by atoms with E-state index in [2.05, 4.69) is 26.5 Å². The maximum absolute atomic E-state index is 11.7. The highest BCUT2D eigenvalue weighted by atomic mass is 79.9. The van der Waals surface area contributed by atoms with Crippen molar-refractivity contribution in [3.63, 3.8) is 0 Å². The molecule has 0 unspecified atom stereocenters. The van der Waals surface area contributed by atoms with Crippen LogP contribution >= 0.6 is 27.3 Å². The summed E-state index contributed by atoms with van der Waals surface area (Å²) in [5, 5.41) is 6.02. The Morgan fingerprint density at radius 2 is 2.24 bits per heavy atom. The van der Waals surface area contributed by atoms with Crippen LogP contribution in [0.2, 0.25) is 0 Å². The number of hydrogen-bond donors (Lipinski definition) is 1. The van der Waals surface area contributed by atoms with Crippen LogP contribution in [-0.4, -0.2) is 18.2 Å². The molecule has 0 aliphatic rings. The van der Waals surface area contributed by atoms with Crippen LogP contribution in [-0.2, 0) is 4.79 Å². The predicted octanol–water partition coefficient (Wildman–Crippen LogP) is 3.74. The highest BCUT2D eigenvalue weighted by molar-refractivity contribution is 9.10. The molecular weight excluding hydrogens is 352 g/mol. The first-order valence-corrected chi connectivity index (χ1v) is 7.99. The lowest BCUT2D eigenvalue weighted by Gasteiger charge is -2.08. The van der Waals surface area contributed by atoms with Gasteiger partial charge in [0.05, 0.1) is 10.2 Å². The molecule has 0 fully saturated rings. The van der Waals surface area contributed by atoms with E-state index in [1.54, 1.807) is 11.3 Å². The average Bonchev–Trinajstić information content (AvgIpc) is 2.98. The third kappa shape index (κ3) is 4.68. The van der Waals surface area contributed by atoms with Crippen molar-refractivity contribution in [2.24, 2.45) is 5.10 Å². The molecular formula is C15H15BrN2O2S. The highest BCUT2D eigenvalue weighted by Gasteiger charge is 2.06. The number of nitrogens with one attached hydrogen (secondary N) is 1. The molecule has 6 heteroatoms. The summed E-state index contributed by atoms with van der Waals surface area (Å²) in [4.78, 5) is 12.7. The molecule has 0 bridgehead atoms. The van der Waals surface area contributed by atoms with Crippen LogP contribution in [0.3, 0.4) is 0 Å². The van der Waals surface area contributed by atoms with Crippen molar-refractivity contribution in [1.29, 1.82) is 0 Å². The van der Waals surface area contributed by atoms with Crippen molar-refractivity contribution in [3.05, 3.63) is 50.6 Å². The second-order valence-electron chi connectivity index (χ2n) is 4.43. The van der Waals surface area contributed by atoms with Gasteiger partial charge in [0, 0.05) is 4.88 Å². The van der Waals surface area contributed by atoms with E-state index in [4.69, 9.17) is 4.74 Å². The van der Waals surface area contributed by atoms with Crippen LogP contribution in [0, 0.1) is 6.92 Å². The number of nitrogens with zero attached hydrogens (tertiary/aromatic N) is 1. The summed E-state index contributed by atoms with van der Waals surface area (Å²) in [5.74, 6) is 0.341. The molecule has 1 heterocycles. The Labute approximate surface area is 136 Å². The van der Waals surface area contributed by atoms with Gasteiger partial charge in [0.1, 0.15) is 5.75 Å². The number of rotatable bonds is 5. The van der Waals surface area contributed by atoms with Gasteiger partial charge in [-0.2, -0.15) is 5.10 Å². The molecule has 4 nitrogen and oxygen atoms in total. The Bertz CT molecular complexity index is 654. The van der Waals surface area contributed by atoms with E-state index in [9.17, 15) is 4.79 Å². The van der Waals surface area contributed by atoms with Gasteiger partial charge in [0.25, 0.3) is 5.91 Å². The number of carbonyl (C=O) groups excluding carboxylic acids is 1. The quantitative estimate of drug-likeness (QED) is 0.647. The monoisotopic (exact) mass is 366 g/mol. The smallest absolute Gasteiger partial charge is 0.277 e. The van der Waals surface area contributed by atoms with Crippen LogP contribution in [0.1, 0.15) is 17.4 Å². The van der Waals surface area contributed by atoms with Crippen molar-refractivity contribution in [2.45, 2.75) is 13.8 Å². The number of thiophene rings is 1. The Morgan fingerprint density at radius 1 is 1.43 bits per heavy atom. The fourth-order valence-corrected chi connectivity index (χ4v) is 2.87. The zero-order valence-corrected chi connectivity index (χ0v) is 14.1. The normalized spacial score (nSPS) is 11.3. The second kappa shape index (κ2) is 7.38. The van der Waals surface area contributed by atoms with E-state index in [1.165, 1.54) is 0 Å². The summed E-state index contributed by atoms with van der Waals surface area (Å²) in [6, 6.07) is 9.59. The standard InChI is InChI=1S/C15H15BrN2O2S/c1-10-5-6-13(12(16)8-10)20-9-15(19)18-17-11(2)14-4-3-7-21-14/h3-8H,9H2,1-2H3,(H,18,19). The van der Waals surface area contributed by atoms with Crippen LogP contribution in [0.25, 0.3) is 0 Å². The van der Waals surface area contributed by atoms with Gasteiger partial charge < -0.3 is 4.74 Å². The van der Waals surface area contributed by atoms with Crippen molar-refractivity contribution in [1.82, 2.24) is 5.43 Å². The summed E-state index contributed by atoms with van der Waals surface area (Å²) < 4.78 is 6.28. The lowest BCUT2D eigenvalue weighted by Crippen LogP contribution is -2.25. The molecule has 110 valence electrons. The van der Waals surface area contributed by atoms with Gasteiger partial charge in [-0.1, -0.05) is 12.1 Å². The van der Waals surface area contributed by atoms with Crippen molar-refractivity contribution in [3.8, 4) is 5.75 Å². The molecule has 1 aromatic carbocycles. The SMILES string of the molecule is CC(=NNC(=O)COc1ccc(C)cc1Br)c1cccs1. The number of benzene rings is 1. The minimum atomic E-state index is -0.293. The molecule has 1 N–H and O–H groups in total. The van der Waals surface area contributed by atoms with E-state index in [0.29, 0.717) is 5.75 Å². The fourth-order valence-electron chi connectivity index (χ4n) is 1.58. The molecule has 0 atom stereocenters. The van der Waals surface area contributed by atoms with Gasteiger partial charge in [-0.15, -0.1) is 11.3 Å². The van der Waals surface area contributed by atoms with Crippen LogP contribution in [0.4, 0.5) is 0 Å². The van der Waals surface area contributed by atoms with Crippen LogP contribution in [0.15, 0.2) is 45.3 Å². The first-order chi connectivity index (χ1) is 10.1. The number of carbonyl (C=O) groups is 1. The topological polar surface area (TPSA) is 50.7 Å². The molecule has 0 aliphatic heterocycles. The lowest BCUT2D eigenvalue weighted by atomic mass is 10.2. The number of halogens is 1. The molecule has 0 aliphatic carbocycles. The second-order valence-corrected chi connectivity index (χ2v) is 6.23. The van der Waals surface area contributed by atoms with Crippen LogP contribution in [0.5, 0.6) is 5.75 Å². The summed E-state index contributed by atoms with van der Waals surface area (Å²) in [7, 11) is 0. The molecule has 1 amide bonds. The van der Waals surface area contributed by atoms with Gasteiger partial charge in [-0.05, 0) is 58.9 Å². The van der Waals surface area contributed by atoms with Crippen molar-refractivity contribution in [2.75, 3.05) is 6.61 Å². The largest absolute Gasteiger partial charge is 0.483 e. The average molecular weight is 367 g/mol. The Morgan fingerprint density at radius 3 is 2.90 bits per heavy atom. The minimum Gasteiger partial charge on any atom is -0.483 e. The molecule has 0 saturated heterocycles. The summed E-state index contributed by atoms with van der Waals surface area (Å²) in [6.45, 7) is 3.76. The van der Waals surface area contributed by atoms with E-state index >= 15 is 0 Å². The lowest BCUT2D eigenvalue weighted by molar-refractivity contribution is -0.123. The predicted molar refractivity (Wildman–Crippen MR) is 89.0 cm³/mol. The van der Waals surface area contributed by atoms with E-state index in [-0.39, 0.29) is 12.5 Å². The van der Waals surface area contributed by atoms with Gasteiger partial charge in [-0.25, -0.2) is 5.43 Å². The van der Waals surface area contributed by atoms with E-state index < -0.39 is 0 Å². The van der Waals surface area contributed by atoms with Crippen molar-refractivity contribution < 1.29 is 9.53 Å². The molecule has 0 radical (unpaired) electrons. The van der Waals surface area contributed by atoms with Gasteiger partial charge in [0.15, 0.2) is 6.61 Å². The summed E-state index contributed by atoms with van der Waals surface area (Å²) in [6.07, 6.45) is 0. The first-order valence-electron chi connectivity index (χ1n) is 6.32. The fraction of sp³-hybridized carbons (Fsp3) is 0.200. The maximum Gasteiger partial charge on any atom is 0.277 e. The van der Waals surface area contributed by atoms with Gasteiger partial charge in [-0.3, -0.25) is 4.79 Å². The zero-order chi connectivity index (χ0) is 15.2.